The molecule has 2 aromatic rings. The number of aromatic nitrogens is 2. The maximum atomic E-state index is 11.3. The summed E-state index contributed by atoms with van der Waals surface area (Å²) in [7, 11) is 0. The lowest BCUT2D eigenvalue weighted by Crippen LogP contribution is -2.13. The Labute approximate surface area is 134 Å². The molecule has 2 rings (SSSR count). The topological polar surface area (TPSA) is 79.4 Å². The van der Waals surface area contributed by atoms with Crippen LogP contribution in [0, 0.1) is 0 Å². The predicted octanol–water partition coefficient (Wildman–Crippen LogP) is 3.37. The second-order valence-electron chi connectivity index (χ2n) is 3.86. The van der Waals surface area contributed by atoms with Crippen molar-refractivity contribution in [3.63, 3.8) is 0 Å². The molecule has 110 valence electrons. The first-order chi connectivity index (χ1) is 10.1. The van der Waals surface area contributed by atoms with Gasteiger partial charge in [-0.25, -0.2) is 4.79 Å². The van der Waals surface area contributed by atoms with E-state index in [1.807, 2.05) is 30.3 Å². The number of rotatable bonds is 5. The number of hydrazone groups is 1. The largest absolute Gasteiger partial charge is 0.461 e. The second kappa shape index (κ2) is 7.24. The van der Waals surface area contributed by atoms with Crippen LogP contribution in [0.4, 0.5) is 5.82 Å². The number of carbonyl (C=O) groups is 1. The quantitative estimate of drug-likeness (QED) is 0.480. The van der Waals surface area contributed by atoms with E-state index in [9.17, 15) is 4.79 Å². The number of nitrogens with zero attached hydrogens (tertiary/aromatic N) is 2. The van der Waals surface area contributed by atoms with E-state index in [1.54, 1.807) is 6.92 Å². The molecule has 6 nitrogen and oxygen atoms in total. The van der Waals surface area contributed by atoms with Crippen molar-refractivity contribution in [1.29, 1.82) is 0 Å². The van der Waals surface area contributed by atoms with Crippen molar-refractivity contribution >= 4 is 44.5 Å². The average molecular weight is 372 g/mol. The van der Waals surface area contributed by atoms with E-state index in [-0.39, 0.29) is 11.8 Å². The van der Waals surface area contributed by atoms with Gasteiger partial charge >= 0.3 is 5.97 Å². The molecule has 0 saturated carbocycles. The molecule has 0 radical (unpaired) electrons. The van der Waals surface area contributed by atoms with Gasteiger partial charge in [0.1, 0.15) is 0 Å². The van der Waals surface area contributed by atoms with E-state index < -0.39 is 5.97 Å². The van der Waals surface area contributed by atoms with E-state index in [0.717, 1.165) is 11.3 Å². The molecule has 0 saturated heterocycles. The number of hydrogen-bond acceptors (Lipinski definition) is 5. The molecule has 0 unspecified atom stereocenters. The van der Waals surface area contributed by atoms with E-state index >= 15 is 0 Å². The van der Waals surface area contributed by atoms with Crippen LogP contribution >= 0.6 is 27.5 Å². The van der Waals surface area contributed by atoms with E-state index in [0.29, 0.717) is 10.3 Å². The van der Waals surface area contributed by atoms with Crippen LogP contribution in [0.25, 0.3) is 11.3 Å². The fourth-order valence-electron chi connectivity index (χ4n) is 1.54. The van der Waals surface area contributed by atoms with Gasteiger partial charge < -0.3 is 4.74 Å². The standard InChI is InChI=1S/C13H12BrClN4O2/c1-2-21-13(20)11(15)17-19-12-9(14)10(16-18-12)8-6-4-3-5-7-8/h3-7H,2H2,1H3,(H2,16,18,19)/b17-11-. The highest BCUT2D eigenvalue weighted by Crippen LogP contribution is 2.31. The minimum absolute atomic E-state index is 0.231. The summed E-state index contributed by atoms with van der Waals surface area (Å²) in [6.07, 6.45) is 0. The number of carbonyl (C=O) groups excluding carboxylic acids is 1. The molecule has 0 bridgehead atoms. The SMILES string of the molecule is CCOC(=O)/C(Cl)=N/Nc1n[nH]c(-c2ccccc2)c1Br. The number of H-pyrrole nitrogens is 1. The van der Waals surface area contributed by atoms with E-state index in [2.05, 4.69) is 36.7 Å². The third kappa shape index (κ3) is 3.83. The number of aromatic amines is 1. The molecule has 0 fully saturated rings. The van der Waals surface area contributed by atoms with Crippen molar-refractivity contribution in [2.45, 2.75) is 6.92 Å². The zero-order valence-corrected chi connectivity index (χ0v) is 13.4. The Bertz CT molecular complexity index is 657. The lowest BCUT2D eigenvalue weighted by molar-refractivity contribution is -0.134. The van der Waals surface area contributed by atoms with Gasteiger partial charge in [0.25, 0.3) is 0 Å². The maximum Gasteiger partial charge on any atom is 0.370 e. The Kier molecular flexibility index (Phi) is 5.35. The Morgan fingerprint density at radius 3 is 2.86 bits per heavy atom. The maximum absolute atomic E-state index is 11.3. The first-order valence-corrected chi connectivity index (χ1v) is 7.26. The van der Waals surface area contributed by atoms with Crippen molar-refractivity contribution < 1.29 is 9.53 Å². The highest BCUT2D eigenvalue weighted by Gasteiger charge is 2.13. The molecular formula is C13H12BrClN4O2. The zero-order valence-electron chi connectivity index (χ0n) is 11.1. The third-order valence-electron chi connectivity index (χ3n) is 2.47. The number of hydrogen-bond donors (Lipinski definition) is 2. The van der Waals surface area contributed by atoms with Crippen LogP contribution in [0.5, 0.6) is 0 Å². The van der Waals surface area contributed by atoms with Crippen LogP contribution in [0.3, 0.4) is 0 Å². The van der Waals surface area contributed by atoms with Crippen LogP contribution < -0.4 is 5.43 Å². The average Bonchev–Trinajstić information content (AvgIpc) is 2.87. The summed E-state index contributed by atoms with van der Waals surface area (Å²) in [4.78, 5) is 11.3. The van der Waals surface area contributed by atoms with Gasteiger partial charge in [0.15, 0.2) is 5.82 Å². The minimum Gasteiger partial charge on any atom is -0.461 e. The number of benzene rings is 1. The monoisotopic (exact) mass is 370 g/mol. The van der Waals surface area contributed by atoms with Crippen molar-refractivity contribution in [1.82, 2.24) is 10.2 Å². The number of nitrogens with one attached hydrogen (secondary N) is 2. The fraction of sp³-hybridized carbons (Fsp3) is 0.154. The number of esters is 1. The summed E-state index contributed by atoms with van der Waals surface area (Å²) in [5, 5.41) is 10.4. The summed E-state index contributed by atoms with van der Waals surface area (Å²) in [5.74, 6) is -0.280. The van der Waals surface area contributed by atoms with Crippen molar-refractivity contribution in [2.75, 3.05) is 12.0 Å². The van der Waals surface area contributed by atoms with Crippen LogP contribution in [-0.2, 0) is 9.53 Å². The first kappa shape index (κ1) is 15.5. The third-order valence-corrected chi connectivity index (χ3v) is 3.48. The number of ether oxygens (including phenoxy) is 1. The normalized spacial score (nSPS) is 11.3. The van der Waals surface area contributed by atoms with Gasteiger partial charge in [0.2, 0.25) is 5.17 Å². The lowest BCUT2D eigenvalue weighted by Gasteiger charge is -2.00. The van der Waals surface area contributed by atoms with Gasteiger partial charge in [-0.05, 0) is 22.9 Å². The molecule has 1 aromatic carbocycles. The highest BCUT2D eigenvalue weighted by atomic mass is 79.9. The highest BCUT2D eigenvalue weighted by molar-refractivity contribution is 9.10. The van der Waals surface area contributed by atoms with Crippen molar-refractivity contribution in [2.24, 2.45) is 5.10 Å². The Balaban J connectivity index is 2.15. The molecule has 1 aromatic heterocycles. The Morgan fingerprint density at radius 1 is 1.48 bits per heavy atom. The van der Waals surface area contributed by atoms with Gasteiger partial charge in [-0.15, -0.1) is 0 Å². The fourth-order valence-corrected chi connectivity index (χ4v) is 2.13. The van der Waals surface area contributed by atoms with Crippen LogP contribution in [0.1, 0.15) is 6.92 Å². The molecule has 0 aliphatic heterocycles. The summed E-state index contributed by atoms with van der Waals surface area (Å²) < 4.78 is 5.40. The number of anilines is 1. The molecule has 2 N–H and O–H groups in total. The van der Waals surface area contributed by atoms with Crippen LogP contribution in [-0.4, -0.2) is 27.9 Å². The van der Waals surface area contributed by atoms with Gasteiger partial charge in [0.05, 0.1) is 16.8 Å². The summed E-state index contributed by atoms with van der Waals surface area (Å²) in [6.45, 7) is 1.92. The molecule has 0 spiro atoms. The van der Waals surface area contributed by atoms with Crippen molar-refractivity contribution in [3.05, 3.63) is 34.8 Å². The molecule has 1 heterocycles. The predicted molar refractivity (Wildman–Crippen MR) is 85.3 cm³/mol. The lowest BCUT2D eigenvalue weighted by atomic mass is 10.2. The van der Waals surface area contributed by atoms with Crippen molar-refractivity contribution in [3.8, 4) is 11.3 Å². The molecule has 8 heteroatoms. The molecular weight excluding hydrogens is 360 g/mol. The first-order valence-electron chi connectivity index (χ1n) is 6.09. The van der Waals surface area contributed by atoms with Gasteiger partial charge in [-0.3, -0.25) is 10.5 Å². The minimum atomic E-state index is -0.693. The molecule has 21 heavy (non-hydrogen) atoms. The van der Waals surface area contributed by atoms with Crippen LogP contribution in [0.2, 0.25) is 0 Å². The van der Waals surface area contributed by atoms with E-state index in [1.165, 1.54) is 0 Å². The Hall–Kier alpha value is -1.86. The molecule has 0 aliphatic carbocycles. The molecule has 0 aliphatic rings. The van der Waals surface area contributed by atoms with E-state index in [4.69, 9.17) is 16.3 Å². The second-order valence-corrected chi connectivity index (χ2v) is 5.01. The van der Waals surface area contributed by atoms with Crippen LogP contribution in [0.15, 0.2) is 39.9 Å². The molecule has 0 atom stereocenters. The summed E-state index contributed by atoms with van der Waals surface area (Å²) in [5.41, 5.74) is 4.36. The van der Waals surface area contributed by atoms with Gasteiger partial charge in [0, 0.05) is 5.56 Å². The number of halogens is 2. The smallest absolute Gasteiger partial charge is 0.370 e. The Morgan fingerprint density at radius 2 is 2.19 bits per heavy atom. The van der Waals surface area contributed by atoms with Gasteiger partial charge in [-0.2, -0.15) is 10.2 Å². The van der Waals surface area contributed by atoms with Gasteiger partial charge in [-0.1, -0.05) is 41.9 Å². The summed E-state index contributed by atoms with van der Waals surface area (Å²) >= 11 is 9.12. The zero-order chi connectivity index (χ0) is 15.2. The summed E-state index contributed by atoms with van der Waals surface area (Å²) in [6, 6.07) is 9.65. The molecule has 0 amide bonds.